The number of nitrogens with zero attached hydrogens (tertiary/aromatic N) is 1. The van der Waals surface area contributed by atoms with Gasteiger partial charge in [0.2, 0.25) is 0 Å². The number of rotatable bonds is 6. The second-order valence-corrected chi connectivity index (χ2v) is 5.36. The second kappa shape index (κ2) is 8.11. The number of thiocarbonyl (C=S) groups is 1. The lowest BCUT2D eigenvalue weighted by molar-refractivity contribution is 0.400. The zero-order valence-corrected chi connectivity index (χ0v) is 12.9. The SMILES string of the molecule is C[C@@H](NC(=S)NCCCN(C)C)c1ccc(F)c(F)c1. The van der Waals surface area contributed by atoms with Crippen LogP contribution in [0.4, 0.5) is 8.78 Å². The zero-order valence-electron chi connectivity index (χ0n) is 12.0. The third-order valence-corrected chi connectivity index (χ3v) is 3.12. The zero-order chi connectivity index (χ0) is 15.1. The van der Waals surface area contributed by atoms with E-state index < -0.39 is 11.6 Å². The summed E-state index contributed by atoms with van der Waals surface area (Å²) in [6.45, 7) is 3.60. The number of benzene rings is 1. The Bertz CT molecular complexity index is 452. The number of nitrogens with one attached hydrogen (secondary N) is 2. The largest absolute Gasteiger partial charge is 0.363 e. The second-order valence-electron chi connectivity index (χ2n) is 4.95. The van der Waals surface area contributed by atoms with Crippen molar-refractivity contribution in [2.45, 2.75) is 19.4 Å². The molecule has 0 fully saturated rings. The van der Waals surface area contributed by atoms with Crippen molar-refractivity contribution in [1.29, 1.82) is 0 Å². The Labute approximate surface area is 124 Å². The molecule has 0 aromatic heterocycles. The monoisotopic (exact) mass is 301 g/mol. The standard InChI is InChI=1S/C14H21F2N3S/c1-10(11-5-6-12(15)13(16)9-11)18-14(20)17-7-4-8-19(2)3/h5-6,9-10H,4,7-8H2,1-3H3,(H2,17,18,20)/t10-/m1/s1. The van der Waals surface area contributed by atoms with Crippen LogP contribution in [0.15, 0.2) is 18.2 Å². The molecule has 1 aromatic rings. The van der Waals surface area contributed by atoms with E-state index in [4.69, 9.17) is 12.2 Å². The molecule has 0 unspecified atom stereocenters. The molecular formula is C14H21F2N3S. The molecule has 6 heteroatoms. The van der Waals surface area contributed by atoms with Gasteiger partial charge in [-0.25, -0.2) is 8.78 Å². The van der Waals surface area contributed by atoms with Gasteiger partial charge in [0.1, 0.15) is 0 Å². The average Bonchev–Trinajstić information content (AvgIpc) is 2.37. The predicted molar refractivity (Wildman–Crippen MR) is 81.7 cm³/mol. The van der Waals surface area contributed by atoms with Crippen molar-refractivity contribution < 1.29 is 8.78 Å². The summed E-state index contributed by atoms with van der Waals surface area (Å²) in [5.74, 6) is -1.69. The number of halogens is 2. The highest BCUT2D eigenvalue weighted by Crippen LogP contribution is 2.15. The molecule has 0 heterocycles. The van der Waals surface area contributed by atoms with Gasteiger partial charge in [-0.3, -0.25) is 0 Å². The normalized spacial score (nSPS) is 12.3. The molecule has 0 radical (unpaired) electrons. The van der Waals surface area contributed by atoms with E-state index >= 15 is 0 Å². The Kier molecular flexibility index (Phi) is 6.81. The van der Waals surface area contributed by atoms with Gasteiger partial charge in [-0.15, -0.1) is 0 Å². The summed E-state index contributed by atoms with van der Waals surface area (Å²) in [5.41, 5.74) is 0.654. The first-order chi connectivity index (χ1) is 9.40. The molecule has 1 aromatic carbocycles. The van der Waals surface area contributed by atoms with E-state index in [0.717, 1.165) is 25.6 Å². The Morgan fingerprint density at radius 3 is 2.60 bits per heavy atom. The first-order valence-corrected chi connectivity index (χ1v) is 6.95. The molecule has 112 valence electrons. The highest BCUT2D eigenvalue weighted by Gasteiger charge is 2.10. The van der Waals surface area contributed by atoms with Crippen LogP contribution < -0.4 is 10.6 Å². The van der Waals surface area contributed by atoms with Crippen LogP contribution in [0, 0.1) is 11.6 Å². The van der Waals surface area contributed by atoms with Crippen LogP contribution in [0.25, 0.3) is 0 Å². The Morgan fingerprint density at radius 2 is 2.00 bits per heavy atom. The van der Waals surface area contributed by atoms with E-state index in [0.29, 0.717) is 10.7 Å². The first kappa shape index (κ1) is 16.8. The van der Waals surface area contributed by atoms with Crippen LogP contribution in [-0.4, -0.2) is 37.2 Å². The highest BCUT2D eigenvalue weighted by atomic mass is 32.1. The van der Waals surface area contributed by atoms with Crippen molar-refractivity contribution in [3.05, 3.63) is 35.4 Å². The van der Waals surface area contributed by atoms with Gasteiger partial charge < -0.3 is 15.5 Å². The van der Waals surface area contributed by atoms with Gasteiger partial charge in [0.05, 0.1) is 6.04 Å². The van der Waals surface area contributed by atoms with Crippen LogP contribution in [0.1, 0.15) is 24.9 Å². The van der Waals surface area contributed by atoms with Gasteiger partial charge in [0.15, 0.2) is 16.7 Å². The van der Waals surface area contributed by atoms with Gasteiger partial charge >= 0.3 is 0 Å². The minimum absolute atomic E-state index is 0.182. The lowest BCUT2D eigenvalue weighted by atomic mass is 10.1. The Balaban J connectivity index is 2.39. The van der Waals surface area contributed by atoms with Crippen LogP contribution in [0.5, 0.6) is 0 Å². The van der Waals surface area contributed by atoms with E-state index in [1.54, 1.807) is 6.07 Å². The topological polar surface area (TPSA) is 27.3 Å². The van der Waals surface area contributed by atoms with Gasteiger partial charge in [0.25, 0.3) is 0 Å². The molecule has 0 amide bonds. The van der Waals surface area contributed by atoms with Gasteiger partial charge in [0, 0.05) is 6.54 Å². The third-order valence-electron chi connectivity index (χ3n) is 2.86. The summed E-state index contributed by atoms with van der Waals surface area (Å²) in [7, 11) is 4.03. The minimum Gasteiger partial charge on any atom is -0.363 e. The average molecular weight is 301 g/mol. The molecule has 0 spiro atoms. The lowest BCUT2D eigenvalue weighted by Crippen LogP contribution is -2.38. The Hall–Kier alpha value is -1.27. The van der Waals surface area contributed by atoms with E-state index in [9.17, 15) is 8.78 Å². The molecule has 0 aliphatic rings. The highest BCUT2D eigenvalue weighted by molar-refractivity contribution is 7.80. The van der Waals surface area contributed by atoms with E-state index in [1.165, 1.54) is 6.07 Å². The summed E-state index contributed by atoms with van der Waals surface area (Å²) in [4.78, 5) is 2.10. The Morgan fingerprint density at radius 1 is 1.30 bits per heavy atom. The fourth-order valence-corrected chi connectivity index (χ4v) is 1.99. The van der Waals surface area contributed by atoms with Crippen molar-refractivity contribution in [2.75, 3.05) is 27.2 Å². The quantitative estimate of drug-likeness (QED) is 0.623. The maximum absolute atomic E-state index is 13.1. The third kappa shape index (κ3) is 5.79. The molecule has 0 saturated heterocycles. The molecular weight excluding hydrogens is 280 g/mol. The summed E-state index contributed by atoms with van der Waals surface area (Å²) in [5, 5.41) is 6.65. The maximum Gasteiger partial charge on any atom is 0.166 e. The number of hydrogen-bond acceptors (Lipinski definition) is 2. The van der Waals surface area contributed by atoms with Gasteiger partial charge in [-0.05, 0) is 63.9 Å². The fraction of sp³-hybridized carbons (Fsp3) is 0.500. The van der Waals surface area contributed by atoms with Crippen molar-refractivity contribution in [2.24, 2.45) is 0 Å². The lowest BCUT2D eigenvalue weighted by Gasteiger charge is -2.18. The molecule has 3 nitrogen and oxygen atoms in total. The van der Waals surface area contributed by atoms with Crippen LogP contribution >= 0.6 is 12.2 Å². The van der Waals surface area contributed by atoms with Crippen molar-refractivity contribution >= 4 is 17.3 Å². The van der Waals surface area contributed by atoms with Gasteiger partial charge in [-0.1, -0.05) is 6.07 Å². The van der Waals surface area contributed by atoms with Crippen molar-refractivity contribution in [1.82, 2.24) is 15.5 Å². The summed E-state index contributed by atoms with van der Waals surface area (Å²) >= 11 is 5.16. The van der Waals surface area contributed by atoms with Crippen molar-refractivity contribution in [3.63, 3.8) is 0 Å². The van der Waals surface area contributed by atoms with E-state index in [2.05, 4.69) is 15.5 Å². The molecule has 0 saturated carbocycles. The summed E-state index contributed by atoms with van der Waals surface area (Å²) in [6.07, 6.45) is 0.981. The molecule has 0 bridgehead atoms. The number of hydrogen-bond donors (Lipinski definition) is 2. The molecule has 0 aliphatic heterocycles. The predicted octanol–water partition coefficient (Wildman–Crippen LogP) is 2.44. The smallest absolute Gasteiger partial charge is 0.166 e. The molecule has 1 rings (SSSR count). The van der Waals surface area contributed by atoms with Crippen molar-refractivity contribution in [3.8, 4) is 0 Å². The first-order valence-electron chi connectivity index (χ1n) is 6.54. The molecule has 20 heavy (non-hydrogen) atoms. The maximum atomic E-state index is 13.1. The van der Waals surface area contributed by atoms with Crippen LogP contribution in [0.3, 0.4) is 0 Å². The van der Waals surface area contributed by atoms with E-state index in [-0.39, 0.29) is 6.04 Å². The fourth-order valence-electron chi connectivity index (χ4n) is 1.71. The van der Waals surface area contributed by atoms with Crippen LogP contribution in [-0.2, 0) is 0 Å². The molecule has 2 N–H and O–H groups in total. The molecule has 0 aliphatic carbocycles. The summed E-state index contributed by atoms with van der Waals surface area (Å²) < 4.78 is 26.0. The summed E-state index contributed by atoms with van der Waals surface area (Å²) in [6, 6.07) is 3.67. The van der Waals surface area contributed by atoms with Crippen LogP contribution in [0.2, 0.25) is 0 Å². The minimum atomic E-state index is -0.846. The van der Waals surface area contributed by atoms with Gasteiger partial charge in [-0.2, -0.15) is 0 Å². The van der Waals surface area contributed by atoms with E-state index in [1.807, 2.05) is 21.0 Å². The molecule has 1 atom stereocenters.